The first kappa shape index (κ1) is 13.0. The van der Waals surface area contributed by atoms with Gasteiger partial charge >= 0.3 is 5.97 Å². The Kier molecular flexibility index (Phi) is 3.42. The van der Waals surface area contributed by atoms with Crippen molar-refractivity contribution in [2.75, 3.05) is 4.72 Å². The van der Waals surface area contributed by atoms with Gasteiger partial charge in [-0.2, -0.15) is 5.10 Å². The Morgan fingerprint density at radius 3 is 2.79 bits per heavy atom. The molecule has 100 valence electrons. The maximum absolute atomic E-state index is 11.9. The molecule has 19 heavy (non-hydrogen) atoms. The molecule has 0 bridgehead atoms. The minimum atomic E-state index is -3.86. The van der Waals surface area contributed by atoms with E-state index in [9.17, 15) is 13.2 Å². The summed E-state index contributed by atoms with van der Waals surface area (Å²) in [4.78, 5) is 17.8. The molecular weight excluding hydrogens is 274 g/mol. The normalized spacial score (nSPS) is 11.2. The van der Waals surface area contributed by atoms with Crippen LogP contribution in [-0.2, 0) is 21.4 Å². The van der Waals surface area contributed by atoms with Crippen molar-refractivity contribution < 1.29 is 18.3 Å². The van der Waals surface area contributed by atoms with E-state index in [0.29, 0.717) is 0 Å². The van der Waals surface area contributed by atoms with Gasteiger partial charge in [0.25, 0.3) is 10.0 Å². The Labute approximate surface area is 108 Å². The summed E-state index contributed by atoms with van der Waals surface area (Å²) in [5.41, 5.74) is 0. The third kappa shape index (κ3) is 3.25. The monoisotopic (exact) mass is 283 g/mol. The van der Waals surface area contributed by atoms with Gasteiger partial charge in [0.1, 0.15) is 11.4 Å². The summed E-state index contributed by atoms with van der Waals surface area (Å²) < 4.78 is 27.0. The molecular formula is C9H9N5O4S. The van der Waals surface area contributed by atoms with E-state index in [4.69, 9.17) is 5.11 Å². The van der Waals surface area contributed by atoms with E-state index in [-0.39, 0.29) is 10.7 Å². The van der Waals surface area contributed by atoms with E-state index in [1.54, 1.807) is 0 Å². The highest BCUT2D eigenvalue weighted by molar-refractivity contribution is 7.92. The summed E-state index contributed by atoms with van der Waals surface area (Å²) in [5.74, 6) is -1.05. The molecule has 2 N–H and O–H groups in total. The molecule has 0 radical (unpaired) electrons. The molecule has 0 unspecified atom stereocenters. The smallest absolute Gasteiger partial charge is 0.325 e. The van der Waals surface area contributed by atoms with Gasteiger partial charge in [0.2, 0.25) is 0 Å². The molecule has 0 spiro atoms. The van der Waals surface area contributed by atoms with Crippen LogP contribution in [0.3, 0.4) is 0 Å². The highest BCUT2D eigenvalue weighted by Gasteiger charge is 2.17. The first-order valence-electron chi connectivity index (χ1n) is 5.00. The second-order valence-electron chi connectivity index (χ2n) is 3.46. The molecule has 0 aliphatic rings. The Morgan fingerprint density at radius 2 is 2.16 bits per heavy atom. The van der Waals surface area contributed by atoms with Crippen molar-refractivity contribution in [3.8, 4) is 0 Å². The summed E-state index contributed by atoms with van der Waals surface area (Å²) in [6.45, 7) is -0.416. The molecule has 10 heteroatoms. The van der Waals surface area contributed by atoms with Gasteiger partial charge in [0.15, 0.2) is 5.82 Å². The molecule has 0 aliphatic heterocycles. The van der Waals surface area contributed by atoms with Crippen LogP contribution in [0.2, 0.25) is 0 Å². The quantitative estimate of drug-likeness (QED) is 0.761. The summed E-state index contributed by atoms with van der Waals surface area (Å²) >= 11 is 0. The number of carboxylic acids is 1. The molecule has 2 heterocycles. The fourth-order valence-electron chi connectivity index (χ4n) is 1.26. The molecule has 0 saturated carbocycles. The molecule has 0 fully saturated rings. The number of sulfonamides is 1. The second kappa shape index (κ2) is 5.02. The SMILES string of the molecule is O=C(O)Cn1cc(S(=O)(=O)Nc2cnccn2)cn1. The van der Waals surface area contributed by atoms with Gasteiger partial charge in [-0.1, -0.05) is 0 Å². The molecule has 9 nitrogen and oxygen atoms in total. The second-order valence-corrected chi connectivity index (χ2v) is 5.15. The largest absolute Gasteiger partial charge is 0.480 e. The summed E-state index contributed by atoms with van der Waals surface area (Å²) in [6, 6.07) is 0. The van der Waals surface area contributed by atoms with E-state index >= 15 is 0 Å². The number of aliphatic carboxylic acids is 1. The lowest BCUT2D eigenvalue weighted by molar-refractivity contribution is -0.137. The lowest BCUT2D eigenvalue weighted by Crippen LogP contribution is -2.14. The minimum absolute atomic E-state index is 0.0634. The van der Waals surface area contributed by atoms with Gasteiger partial charge in [-0.25, -0.2) is 13.4 Å². The minimum Gasteiger partial charge on any atom is -0.480 e. The Hall–Kier alpha value is -2.49. The van der Waals surface area contributed by atoms with Crippen molar-refractivity contribution in [1.29, 1.82) is 0 Å². The number of hydrogen-bond donors (Lipinski definition) is 2. The zero-order valence-electron chi connectivity index (χ0n) is 9.46. The number of anilines is 1. The van der Waals surface area contributed by atoms with Crippen molar-refractivity contribution >= 4 is 21.8 Å². The van der Waals surface area contributed by atoms with Crippen molar-refractivity contribution in [2.24, 2.45) is 0 Å². The lowest BCUT2D eigenvalue weighted by atomic mass is 10.6. The van der Waals surface area contributed by atoms with Crippen molar-refractivity contribution in [3.63, 3.8) is 0 Å². The molecule has 2 aromatic heterocycles. The third-order valence-electron chi connectivity index (χ3n) is 2.02. The Balaban J connectivity index is 2.20. The lowest BCUT2D eigenvalue weighted by Gasteiger charge is -2.03. The molecule has 0 amide bonds. The zero-order valence-corrected chi connectivity index (χ0v) is 10.3. The summed E-state index contributed by atoms with van der Waals surface area (Å²) in [7, 11) is -3.86. The van der Waals surface area contributed by atoms with Gasteiger partial charge in [-0.05, 0) is 0 Å². The van der Waals surface area contributed by atoms with Crippen LogP contribution in [0.15, 0.2) is 35.9 Å². The molecule has 0 aromatic carbocycles. The van der Waals surface area contributed by atoms with E-state index in [2.05, 4.69) is 19.8 Å². The maximum Gasteiger partial charge on any atom is 0.325 e. The van der Waals surface area contributed by atoms with Gasteiger partial charge in [-0.3, -0.25) is 19.2 Å². The van der Waals surface area contributed by atoms with E-state index in [0.717, 1.165) is 17.1 Å². The molecule has 0 saturated heterocycles. The Bertz CT molecular complexity index is 682. The zero-order chi connectivity index (χ0) is 13.9. The number of hydrogen-bond acceptors (Lipinski definition) is 6. The standard InChI is InChI=1S/C9H9N5O4S/c15-9(16)6-14-5-7(3-12-14)19(17,18)13-8-4-10-1-2-11-8/h1-5H,6H2,(H,11,13)(H,15,16). The van der Waals surface area contributed by atoms with E-state index in [1.807, 2.05) is 0 Å². The van der Waals surface area contributed by atoms with Crippen LogP contribution in [0.4, 0.5) is 5.82 Å². The van der Waals surface area contributed by atoms with Crippen molar-refractivity contribution in [2.45, 2.75) is 11.4 Å². The van der Waals surface area contributed by atoms with Crippen LogP contribution in [0.25, 0.3) is 0 Å². The van der Waals surface area contributed by atoms with Crippen LogP contribution in [-0.4, -0.2) is 39.2 Å². The number of aromatic nitrogens is 4. The number of nitrogens with zero attached hydrogens (tertiary/aromatic N) is 4. The first-order chi connectivity index (χ1) is 8.97. The molecule has 2 aromatic rings. The van der Waals surface area contributed by atoms with Crippen LogP contribution >= 0.6 is 0 Å². The fourth-order valence-corrected chi connectivity index (χ4v) is 2.20. The van der Waals surface area contributed by atoms with Gasteiger partial charge < -0.3 is 5.11 Å². The summed E-state index contributed by atoms with van der Waals surface area (Å²) in [5, 5.41) is 12.2. The van der Waals surface area contributed by atoms with Crippen LogP contribution in [0.5, 0.6) is 0 Å². The predicted molar refractivity (Wildman–Crippen MR) is 62.7 cm³/mol. The third-order valence-corrected chi connectivity index (χ3v) is 3.33. The van der Waals surface area contributed by atoms with Gasteiger partial charge in [0, 0.05) is 18.6 Å². The maximum atomic E-state index is 11.9. The number of carboxylic acid groups (broad SMARTS) is 1. The van der Waals surface area contributed by atoms with Gasteiger partial charge in [0.05, 0.1) is 12.4 Å². The molecule has 0 atom stereocenters. The van der Waals surface area contributed by atoms with Crippen LogP contribution < -0.4 is 4.72 Å². The average molecular weight is 283 g/mol. The van der Waals surface area contributed by atoms with E-state index in [1.165, 1.54) is 18.6 Å². The van der Waals surface area contributed by atoms with Crippen molar-refractivity contribution in [3.05, 3.63) is 31.0 Å². The van der Waals surface area contributed by atoms with Gasteiger partial charge in [-0.15, -0.1) is 0 Å². The number of nitrogens with one attached hydrogen (secondary N) is 1. The highest BCUT2D eigenvalue weighted by Crippen LogP contribution is 2.12. The predicted octanol–water partition coefficient (Wildman–Crippen LogP) is -0.442. The van der Waals surface area contributed by atoms with Crippen molar-refractivity contribution in [1.82, 2.24) is 19.7 Å². The average Bonchev–Trinajstić information content (AvgIpc) is 2.78. The number of carbonyl (C=O) groups is 1. The topological polar surface area (TPSA) is 127 Å². The summed E-state index contributed by atoms with van der Waals surface area (Å²) in [6.07, 6.45) is 6.17. The first-order valence-corrected chi connectivity index (χ1v) is 6.49. The Morgan fingerprint density at radius 1 is 1.37 bits per heavy atom. The van der Waals surface area contributed by atoms with E-state index < -0.39 is 22.5 Å². The highest BCUT2D eigenvalue weighted by atomic mass is 32.2. The number of rotatable bonds is 5. The fraction of sp³-hybridized carbons (Fsp3) is 0.111. The van der Waals surface area contributed by atoms with Crippen LogP contribution in [0.1, 0.15) is 0 Å². The molecule has 2 rings (SSSR count). The molecule has 0 aliphatic carbocycles. The van der Waals surface area contributed by atoms with Crippen LogP contribution in [0, 0.1) is 0 Å².